The van der Waals surface area contributed by atoms with Gasteiger partial charge in [0.15, 0.2) is 0 Å². The van der Waals surface area contributed by atoms with Crippen molar-refractivity contribution in [3.8, 4) is 0 Å². The van der Waals surface area contributed by atoms with Crippen LogP contribution in [0.3, 0.4) is 0 Å². The van der Waals surface area contributed by atoms with E-state index in [9.17, 15) is 51.1 Å². The molecule has 0 unspecified atom stereocenters. The van der Waals surface area contributed by atoms with Crippen molar-refractivity contribution >= 4 is 53.0 Å². The van der Waals surface area contributed by atoms with Gasteiger partial charge in [0.25, 0.3) is 0 Å². The molecule has 6 fully saturated rings. The van der Waals surface area contributed by atoms with E-state index in [1.165, 1.54) is 20.2 Å². The Labute approximate surface area is 386 Å². The van der Waals surface area contributed by atoms with Gasteiger partial charge in [0.05, 0.1) is 6.54 Å². The van der Waals surface area contributed by atoms with Gasteiger partial charge in [0, 0.05) is 38.5 Å². The lowest BCUT2D eigenvalue weighted by atomic mass is 9.44. The first kappa shape index (κ1) is 49.4. The molecule has 2 saturated heterocycles. The van der Waals surface area contributed by atoms with Crippen LogP contribution in [0.2, 0.25) is 5.02 Å². The van der Waals surface area contributed by atoms with Crippen molar-refractivity contribution < 1.29 is 55.5 Å². The molecule has 4 saturated carbocycles. The Hall–Kier alpha value is -4.55. The van der Waals surface area contributed by atoms with Crippen LogP contribution in [0.4, 0.5) is 22.0 Å². The van der Waals surface area contributed by atoms with E-state index >= 15 is 4.39 Å². The molecule has 0 aromatic heterocycles. The van der Waals surface area contributed by atoms with Gasteiger partial charge in [-0.05, 0) is 118 Å². The lowest BCUT2D eigenvalue weighted by molar-refractivity contribution is -0.285. The highest BCUT2D eigenvalue weighted by Crippen LogP contribution is 2.69. The fourth-order valence-corrected chi connectivity index (χ4v) is 10.8. The SMILES string of the molecule is CC(C)C[C@@H]1NC(=O)[C@@H](N(C)C(=O)[C@@H](NC(=O)[C@@H]2C[C@@H](F)CN2C(=O)C2(C(F)(F)F)CC3(CCC3)C2)C2CC2)CCCCNC(=O)C2(CC2)NC(=O)[C@H](Cc2cc(F)ccc2Cl)N(C)C1=O. The lowest BCUT2D eigenvalue weighted by Gasteiger charge is -2.60. The summed E-state index contributed by atoms with van der Waals surface area (Å²) in [5.74, 6) is -6.74. The molecule has 1 aromatic carbocycles. The van der Waals surface area contributed by atoms with E-state index in [-0.39, 0.29) is 42.3 Å². The zero-order valence-corrected chi connectivity index (χ0v) is 38.6. The average molecular weight is 954 g/mol. The van der Waals surface area contributed by atoms with Gasteiger partial charge in [-0.2, -0.15) is 13.2 Å². The minimum atomic E-state index is -4.91. The fraction of sp³-hybridized carbons (Fsp3) is 0.717. The molecular formula is C46H61ClF5N7O7. The van der Waals surface area contributed by atoms with Crippen molar-refractivity contribution in [3.05, 3.63) is 34.6 Å². The maximum atomic E-state index is 15.1. The molecule has 2 spiro atoms. The molecule has 6 aliphatic rings. The van der Waals surface area contributed by atoms with Gasteiger partial charge in [-0.15, -0.1) is 0 Å². The number of nitrogens with zero attached hydrogens (tertiary/aromatic N) is 3. The van der Waals surface area contributed by atoms with E-state index in [2.05, 4.69) is 21.3 Å². The lowest BCUT2D eigenvalue weighted by Crippen LogP contribution is -2.66. The van der Waals surface area contributed by atoms with Gasteiger partial charge in [-0.25, -0.2) is 8.78 Å². The molecular weight excluding hydrogens is 893 g/mol. The number of amides is 7. The number of hydrogen-bond donors (Lipinski definition) is 4. The van der Waals surface area contributed by atoms with Crippen LogP contribution in [0.25, 0.3) is 0 Å². The number of benzene rings is 1. The van der Waals surface area contributed by atoms with Gasteiger partial charge in [0.1, 0.15) is 53.2 Å². The summed E-state index contributed by atoms with van der Waals surface area (Å²) in [6.07, 6.45) is -3.90. The van der Waals surface area contributed by atoms with Crippen LogP contribution in [0.15, 0.2) is 18.2 Å². The number of hydrogen-bond acceptors (Lipinski definition) is 7. The van der Waals surface area contributed by atoms with Gasteiger partial charge < -0.3 is 36.0 Å². The first-order valence-electron chi connectivity index (χ1n) is 23.2. The van der Waals surface area contributed by atoms with Gasteiger partial charge in [-0.1, -0.05) is 31.9 Å². The van der Waals surface area contributed by atoms with Crippen LogP contribution >= 0.6 is 11.6 Å². The quantitative estimate of drug-likeness (QED) is 0.250. The second-order valence-electron chi connectivity index (χ2n) is 20.3. The standard InChI is InChI=1S/C46H61ClF5N7O7/c1-25(2)18-31-39(63)58(4)33(20-27-19-28(48)11-12-30(27)47)38(62)56-45(15-16-45)41(65)53-17-6-5-8-32(36(60)54-31)57(3)40(64)35(26-9-10-26)55-37(61)34-21-29(49)22-59(34)42(66)44(46(50,51)52)23-43(24-44)13-7-14-43/h11-12,19,25-26,29,31-35H,5-10,13-18,20-24H2,1-4H3,(H,53,65)(H,54,60)(H,55,61)(H,56,62)/t29-,31+,32+,33+,34+,35+/m1/s1. The molecule has 0 radical (unpaired) electrons. The van der Waals surface area contributed by atoms with E-state index in [4.69, 9.17) is 11.6 Å². The summed E-state index contributed by atoms with van der Waals surface area (Å²) in [4.78, 5) is 102. The predicted octanol–water partition coefficient (Wildman–Crippen LogP) is 4.50. The first-order valence-corrected chi connectivity index (χ1v) is 23.6. The molecule has 364 valence electrons. The summed E-state index contributed by atoms with van der Waals surface area (Å²) >= 11 is 6.42. The van der Waals surface area contributed by atoms with E-state index in [0.29, 0.717) is 56.3 Å². The third-order valence-electron chi connectivity index (χ3n) is 14.9. The normalized spacial score (nSPS) is 28.2. The number of alkyl halides is 4. The zero-order valence-electron chi connectivity index (χ0n) is 37.8. The summed E-state index contributed by atoms with van der Waals surface area (Å²) < 4.78 is 73.5. The smallest absolute Gasteiger partial charge is 0.354 e. The molecule has 0 bridgehead atoms. The largest absolute Gasteiger partial charge is 0.403 e. The van der Waals surface area contributed by atoms with E-state index < -0.39 is 138 Å². The summed E-state index contributed by atoms with van der Waals surface area (Å²) in [7, 11) is 2.73. The number of carbonyl (C=O) groups excluding carboxylic acids is 7. The number of carbonyl (C=O) groups is 7. The molecule has 66 heavy (non-hydrogen) atoms. The highest BCUT2D eigenvalue weighted by atomic mass is 35.5. The van der Waals surface area contributed by atoms with Crippen molar-refractivity contribution in [2.24, 2.45) is 22.7 Å². The van der Waals surface area contributed by atoms with E-state index in [1.807, 2.05) is 13.8 Å². The van der Waals surface area contributed by atoms with Gasteiger partial charge in [0.2, 0.25) is 41.4 Å². The molecule has 20 heteroatoms. The minimum absolute atomic E-state index is 0.0474. The predicted molar refractivity (Wildman–Crippen MR) is 230 cm³/mol. The Balaban J connectivity index is 1.12. The van der Waals surface area contributed by atoms with E-state index in [0.717, 1.165) is 28.4 Å². The van der Waals surface area contributed by atoms with Gasteiger partial charge >= 0.3 is 6.18 Å². The van der Waals surface area contributed by atoms with E-state index in [1.54, 1.807) is 0 Å². The number of likely N-dealkylation sites (tertiary alicyclic amines) is 1. The first-order chi connectivity index (χ1) is 31.0. The average Bonchev–Trinajstić information content (AvgIpc) is 4.16. The summed E-state index contributed by atoms with van der Waals surface area (Å²) in [6, 6.07) is -3.02. The van der Waals surface area contributed by atoms with Gasteiger partial charge in [-0.3, -0.25) is 33.6 Å². The Bertz CT molecular complexity index is 2090. The van der Waals surface area contributed by atoms with Crippen molar-refractivity contribution in [2.45, 2.75) is 158 Å². The molecule has 14 nitrogen and oxygen atoms in total. The summed E-state index contributed by atoms with van der Waals surface area (Å²) in [5.41, 5.74) is -4.29. The molecule has 4 aliphatic carbocycles. The Morgan fingerprint density at radius 3 is 2.26 bits per heavy atom. The van der Waals surface area contributed by atoms with Crippen LogP contribution in [-0.4, -0.2) is 131 Å². The Morgan fingerprint density at radius 2 is 1.67 bits per heavy atom. The van der Waals surface area contributed by atoms with Crippen LogP contribution in [0.5, 0.6) is 0 Å². The number of halogens is 6. The third kappa shape index (κ3) is 10.0. The number of likely N-dealkylation sites (N-methyl/N-ethyl adjacent to an activating group) is 2. The Morgan fingerprint density at radius 1 is 0.985 bits per heavy atom. The number of nitrogens with one attached hydrogen (secondary N) is 4. The molecule has 4 N–H and O–H groups in total. The minimum Gasteiger partial charge on any atom is -0.354 e. The summed E-state index contributed by atoms with van der Waals surface area (Å²) in [5, 5.41) is 11.3. The second kappa shape index (κ2) is 18.9. The summed E-state index contributed by atoms with van der Waals surface area (Å²) in [6.45, 7) is 3.11. The maximum Gasteiger partial charge on any atom is 0.403 e. The molecule has 2 heterocycles. The monoisotopic (exact) mass is 953 g/mol. The van der Waals surface area contributed by atoms with Crippen molar-refractivity contribution in [1.82, 2.24) is 36.0 Å². The Kier molecular flexibility index (Phi) is 14.1. The van der Waals surface area contributed by atoms with Crippen LogP contribution in [0.1, 0.15) is 109 Å². The molecule has 7 rings (SSSR count). The van der Waals surface area contributed by atoms with Crippen LogP contribution in [0, 0.1) is 28.5 Å². The van der Waals surface area contributed by atoms with Crippen molar-refractivity contribution in [1.29, 1.82) is 0 Å². The third-order valence-corrected chi connectivity index (χ3v) is 15.3. The molecule has 7 amide bonds. The zero-order chi connectivity index (χ0) is 48.1. The van der Waals surface area contributed by atoms with Crippen molar-refractivity contribution in [2.75, 3.05) is 27.2 Å². The topological polar surface area (TPSA) is 177 Å². The molecule has 2 aliphatic heterocycles. The molecule has 6 atom stereocenters. The molecule has 1 aromatic rings. The number of rotatable bonds is 10. The van der Waals surface area contributed by atoms with Crippen LogP contribution < -0.4 is 21.3 Å². The fourth-order valence-electron chi connectivity index (χ4n) is 10.6. The highest BCUT2D eigenvalue weighted by molar-refractivity contribution is 6.31. The highest BCUT2D eigenvalue weighted by Gasteiger charge is 2.74. The van der Waals surface area contributed by atoms with Crippen molar-refractivity contribution in [3.63, 3.8) is 0 Å². The van der Waals surface area contributed by atoms with Crippen LogP contribution in [-0.2, 0) is 40.0 Å². The second-order valence-corrected chi connectivity index (χ2v) is 20.7. The maximum absolute atomic E-state index is 15.1.